The minimum Gasteiger partial charge on any atom is -0.477 e. The first-order valence-electron chi connectivity index (χ1n) is 9.01. The summed E-state index contributed by atoms with van der Waals surface area (Å²) in [7, 11) is 0. The number of nitrogens with one attached hydrogen (secondary N) is 2. The normalized spacial score (nSPS) is 15.4. The molecule has 0 aromatic heterocycles. The Morgan fingerprint density at radius 1 is 1.18 bits per heavy atom. The minimum atomic E-state index is -1.04. The van der Waals surface area contributed by atoms with Gasteiger partial charge in [0.05, 0.1) is 18.8 Å². The lowest BCUT2D eigenvalue weighted by Gasteiger charge is -2.35. The van der Waals surface area contributed by atoms with Crippen LogP contribution in [-0.2, 0) is 9.59 Å². The number of fused-ring (bicyclic) bond motifs is 1. The highest BCUT2D eigenvalue weighted by Gasteiger charge is 2.31. The third kappa shape index (κ3) is 4.57. The third-order valence-electron chi connectivity index (χ3n) is 4.24. The number of rotatable bonds is 6. The second kappa shape index (κ2) is 8.69. The summed E-state index contributed by atoms with van der Waals surface area (Å²) >= 11 is 0. The molecule has 2 N–H and O–H groups in total. The molecule has 1 aliphatic rings. The van der Waals surface area contributed by atoms with Crippen molar-refractivity contribution in [3.05, 3.63) is 54.1 Å². The Morgan fingerprint density at radius 2 is 1.96 bits per heavy atom. The van der Waals surface area contributed by atoms with Gasteiger partial charge in [-0.1, -0.05) is 19.1 Å². The molecule has 2 aromatic carbocycles. The first kappa shape index (κ1) is 19.6. The molecule has 0 fully saturated rings. The van der Waals surface area contributed by atoms with E-state index in [0.29, 0.717) is 18.0 Å². The zero-order valence-corrected chi connectivity index (χ0v) is 15.4. The van der Waals surface area contributed by atoms with Crippen LogP contribution in [0.4, 0.5) is 20.2 Å². The fraction of sp³-hybridized carbons (Fsp3) is 0.300. The Balaban J connectivity index is 1.72. The van der Waals surface area contributed by atoms with Crippen LogP contribution in [0.15, 0.2) is 42.5 Å². The maximum absolute atomic E-state index is 13.3. The molecule has 8 heteroatoms. The quantitative estimate of drug-likeness (QED) is 0.797. The molecule has 0 aliphatic carbocycles. The maximum atomic E-state index is 13.3. The number of hydrogen-bond acceptors (Lipinski definition) is 4. The van der Waals surface area contributed by atoms with Crippen LogP contribution < -0.4 is 20.3 Å². The van der Waals surface area contributed by atoms with Gasteiger partial charge in [0.15, 0.2) is 17.7 Å². The predicted molar refractivity (Wildman–Crippen MR) is 101 cm³/mol. The molecule has 2 aromatic rings. The van der Waals surface area contributed by atoms with Gasteiger partial charge >= 0.3 is 0 Å². The number of para-hydroxylation sites is 2. The van der Waals surface area contributed by atoms with E-state index in [1.807, 2.05) is 6.92 Å². The zero-order chi connectivity index (χ0) is 20.1. The van der Waals surface area contributed by atoms with Crippen molar-refractivity contribution >= 4 is 23.2 Å². The van der Waals surface area contributed by atoms with Crippen LogP contribution >= 0.6 is 0 Å². The van der Waals surface area contributed by atoms with E-state index in [2.05, 4.69) is 10.6 Å². The second-order valence-electron chi connectivity index (χ2n) is 6.42. The molecule has 2 amide bonds. The summed E-state index contributed by atoms with van der Waals surface area (Å²) in [5.74, 6) is -2.19. The summed E-state index contributed by atoms with van der Waals surface area (Å²) in [6.45, 7) is 2.61. The van der Waals surface area contributed by atoms with Gasteiger partial charge in [-0.05, 0) is 30.7 Å². The van der Waals surface area contributed by atoms with Crippen LogP contribution in [0, 0.1) is 11.6 Å². The predicted octanol–water partition coefficient (Wildman–Crippen LogP) is 2.70. The van der Waals surface area contributed by atoms with Crippen molar-refractivity contribution in [1.29, 1.82) is 0 Å². The van der Waals surface area contributed by atoms with Gasteiger partial charge in [-0.25, -0.2) is 8.78 Å². The number of anilines is 2. The summed E-state index contributed by atoms with van der Waals surface area (Å²) in [5, 5.41) is 5.33. The lowest BCUT2D eigenvalue weighted by Crippen LogP contribution is -2.50. The van der Waals surface area contributed by atoms with E-state index in [-0.39, 0.29) is 24.7 Å². The lowest BCUT2D eigenvalue weighted by atomic mass is 10.1. The molecule has 0 unspecified atom stereocenters. The molecule has 0 radical (unpaired) electrons. The van der Waals surface area contributed by atoms with Crippen LogP contribution in [0.25, 0.3) is 0 Å². The van der Waals surface area contributed by atoms with E-state index < -0.39 is 23.6 Å². The molecule has 1 aliphatic heterocycles. The van der Waals surface area contributed by atoms with Crippen LogP contribution in [-0.4, -0.2) is 37.6 Å². The Kier molecular flexibility index (Phi) is 6.08. The number of benzene rings is 2. The van der Waals surface area contributed by atoms with Gasteiger partial charge in [0.1, 0.15) is 5.75 Å². The van der Waals surface area contributed by atoms with Gasteiger partial charge in [0.25, 0.3) is 5.91 Å². The highest BCUT2D eigenvalue weighted by molar-refractivity contribution is 5.95. The van der Waals surface area contributed by atoms with Gasteiger partial charge in [-0.2, -0.15) is 0 Å². The van der Waals surface area contributed by atoms with Gasteiger partial charge < -0.3 is 20.3 Å². The van der Waals surface area contributed by atoms with Crippen LogP contribution in [0.5, 0.6) is 5.75 Å². The summed E-state index contributed by atoms with van der Waals surface area (Å²) in [6.07, 6.45) is 0.0487. The maximum Gasteiger partial charge on any atom is 0.262 e. The highest BCUT2D eigenvalue weighted by atomic mass is 19.2. The van der Waals surface area contributed by atoms with E-state index in [1.165, 1.54) is 6.07 Å². The van der Waals surface area contributed by atoms with Gasteiger partial charge in [0, 0.05) is 18.3 Å². The number of carbonyl (C=O) groups is 2. The lowest BCUT2D eigenvalue weighted by molar-refractivity contribution is -0.128. The van der Waals surface area contributed by atoms with Crippen molar-refractivity contribution in [3.8, 4) is 5.75 Å². The number of carbonyl (C=O) groups excluding carboxylic acids is 2. The molecule has 28 heavy (non-hydrogen) atoms. The molecule has 3 rings (SSSR count). The molecule has 148 valence electrons. The number of amides is 2. The van der Waals surface area contributed by atoms with Crippen LogP contribution in [0.3, 0.4) is 0 Å². The first-order chi connectivity index (χ1) is 13.5. The molecule has 1 atom stereocenters. The van der Waals surface area contributed by atoms with Crippen molar-refractivity contribution in [2.24, 2.45) is 0 Å². The average Bonchev–Trinajstić information content (AvgIpc) is 2.68. The summed E-state index contributed by atoms with van der Waals surface area (Å²) in [5.41, 5.74) is 0.838. The number of halogens is 2. The fourth-order valence-corrected chi connectivity index (χ4v) is 2.90. The summed E-state index contributed by atoms with van der Waals surface area (Å²) < 4.78 is 32.1. The largest absolute Gasteiger partial charge is 0.477 e. The second-order valence-corrected chi connectivity index (χ2v) is 6.42. The Bertz CT molecular complexity index is 876. The molecular formula is C20H21F2N3O3. The van der Waals surface area contributed by atoms with E-state index >= 15 is 0 Å². The van der Waals surface area contributed by atoms with Crippen molar-refractivity contribution in [2.45, 2.75) is 19.4 Å². The van der Waals surface area contributed by atoms with Gasteiger partial charge in [0.2, 0.25) is 5.91 Å². The molecule has 0 bridgehead atoms. The molecule has 1 heterocycles. The molecule has 0 spiro atoms. The topological polar surface area (TPSA) is 70.7 Å². The third-order valence-corrected chi connectivity index (χ3v) is 4.24. The van der Waals surface area contributed by atoms with Gasteiger partial charge in [-0.3, -0.25) is 9.59 Å². The first-order valence-corrected chi connectivity index (χ1v) is 9.01. The van der Waals surface area contributed by atoms with E-state index in [0.717, 1.165) is 18.6 Å². The van der Waals surface area contributed by atoms with Crippen molar-refractivity contribution in [1.82, 2.24) is 5.32 Å². The Morgan fingerprint density at radius 3 is 2.71 bits per heavy atom. The fourth-order valence-electron chi connectivity index (χ4n) is 2.90. The number of hydrogen-bond donors (Lipinski definition) is 2. The van der Waals surface area contributed by atoms with Gasteiger partial charge in [-0.15, -0.1) is 0 Å². The molecule has 6 nitrogen and oxygen atoms in total. The number of ether oxygens (including phenoxy) is 1. The van der Waals surface area contributed by atoms with Crippen LogP contribution in [0.1, 0.15) is 13.3 Å². The minimum absolute atomic E-state index is 0.0725. The highest BCUT2D eigenvalue weighted by Crippen LogP contribution is 2.33. The Hall–Kier alpha value is -3.16. The van der Waals surface area contributed by atoms with E-state index in [4.69, 9.17) is 4.74 Å². The van der Waals surface area contributed by atoms with Crippen molar-refractivity contribution in [3.63, 3.8) is 0 Å². The SMILES string of the molecule is CCCNC(=O)[C@H]1CN(CC(=O)Nc2ccc(F)c(F)c2)c2ccccc2O1. The summed E-state index contributed by atoms with van der Waals surface area (Å²) in [4.78, 5) is 26.5. The van der Waals surface area contributed by atoms with Crippen molar-refractivity contribution in [2.75, 3.05) is 29.9 Å². The van der Waals surface area contributed by atoms with E-state index in [9.17, 15) is 18.4 Å². The molecular weight excluding hydrogens is 368 g/mol. The molecule has 0 saturated carbocycles. The smallest absolute Gasteiger partial charge is 0.262 e. The van der Waals surface area contributed by atoms with Crippen molar-refractivity contribution < 1.29 is 23.1 Å². The monoisotopic (exact) mass is 389 g/mol. The van der Waals surface area contributed by atoms with Crippen LogP contribution in [0.2, 0.25) is 0 Å². The zero-order valence-electron chi connectivity index (χ0n) is 15.4. The average molecular weight is 389 g/mol. The molecule has 0 saturated heterocycles. The Labute approximate surface area is 161 Å². The number of nitrogens with zero attached hydrogens (tertiary/aromatic N) is 1. The standard InChI is InChI=1S/C20H21F2N3O3/c1-2-9-23-20(27)18-11-25(16-5-3-4-6-17(16)28-18)12-19(26)24-13-7-8-14(21)15(22)10-13/h3-8,10,18H,2,9,11-12H2,1H3,(H,23,27)(H,24,26)/t18-/m1/s1. The summed E-state index contributed by atoms with van der Waals surface area (Å²) in [6, 6.07) is 10.3. The van der Waals surface area contributed by atoms with E-state index in [1.54, 1.807) is 29.2 Å².